The van der Waals surface area contributed by atoms with Crippen molar-refractivity contribution in [3.63, 3.8) is 0 Å². The monoisotopic (exact) mass is 458 g/mol. The van der Waals surface area contributed by atoms with Crippen LogP contribution in [-0.4, -0.2) is 32.1 Å². The van der Waals surface area contributed by atoms with Crippen molar-refractivity contribution < 1.29 is 23.9 Å². The lowest BCUT2D eigenvalue weighted by atomic mass is 10.0. The fourth-order valence-corrected chi connectivity index (χ4v) is 3.54. The first-order valence-corrected chi connectivity index (χ1v) is 9.45. The molecule has 29 heavy (non-hydrogen) atoms. The zero-order valence-electron chi connectivity index (χ0n) is 16.3. The van der Waals surface area contributed by atoms with E-state index < -0.39 is 17.8 Å². The van der Waals surface area contributed by atoms with E-state index in [2.05, 4.69) is 21.2 Å². The van der Waals surface area contributed by atoms with Gasteiger partial charge in [-0.15, -0.1) is 0 Å². The Morgan fingerprint density at radius 2 is 1.52 bits per heavy atom. The zero-order valence-corrected chi connectivity index (χ0v) is 17.9. The lowest BCUT2D eigenvalue weighted by Crippen LogP contribution is -2.54. The van der Waals surface area contributed by atoms with Crippen LogP contribution in [0.4, 0.5) is 10.5 Å². The molecule has 0 bridgehead atoms. The maximum absolute atomic E-state index is 13.1. The number of ether oxygens (including phenoxy) is 2. The summed E-state index contributed by atoms with van der Waals surface area (Å²) in [6, 6.07) is 7.87. The summed E-state index contributed by atoms with van der Waals surface area (Å²) in [6.07, 6.45) is 1.41. The lowest BCUT2D eigenvalue weighted by Gasteiger charge is -2.27. The van der Waals surface area contributed by atoms with E-state index in [1.807, 2.05) is 19.9 Å². The van der Waals surface area contributed by atoms with Gasteiger partial charge >= 0.3 is 6.03 Å². The van der Waals surface area contributed by atoms with Crippen LogP contribution in [0, 0.1) is 13.8 Å². The second-order valence-electron chi connectivity index (χ2n) is 6.53. The normalized spacial score (nSPS) is 15.6. The molecule has 150 valence electrons. The molecule has 1 aliphatic heterocycles. The molecule has 0 radical (unpaired) electrons. The van der Waals surface area contributed by atoms with E-state index in [0.717, 1.165) is 16.0 Å². The first-order valence-electron chi connectivity index (χ1n) is 8.66. The van der Waals surface area contributed by atoms with E-state index in [9.17, 15) is 14.4 Å². The highest BCUT2D eigenvalue weighted by Gasteiger charge is 2.37. The Kier molecular flexibility index (Phi) is 5.74. The minimum Gasteiger partial charge on any atom is -0.493 e. The van der Waals surface area contributed by atoms with E-state index in [4.69, 9.17) is 9.47 Å². The number of carbonyl (C=O) groups is 3. The summed E-state index contributed by atoms with van der Waals surface area (Å²) in [6.45, 7) is 3.73. The molecule has 7 nitrogen and oxygen atoms in total. The van der Waals surface area contributed by atoms with Crippen LogP contribution in [0.5, 0.6) is 11.5 Å². The first kappa shape index (κ1) is 20.6. The summed E-state index contributed by atoms with van der Waals surface area (Å²) < 4.78 is 11.1. The van der Waals surface area contributed by atoms with Crippen LogP contribution in [-0.2, 0) is 9.59 Å². The van der Waals surface area contributed by atoms with Crippen LogP contribution in [0.15, 0.2) is 40.4 Å². The van der Waals surface area contributed by atoms with E-state index in [0.29, 0.717) is 27.2 Å². The number of imide groups is 2. The van der Waals surface area contributed by atoms with Gasteiger partial charge in [-0.3, -0.25) is 14.9 Å². The maximum atomic E-state index is 13.1. The number of methoxy groups -OCH3 is 2. The Morgan fingerprint density at radius 1 is 0.931 bits per heavy atom. The highest BCUT2D eigenvalue weighted by molar-refractivity contribution is 9.10. The van der Waals surface area contributed by atoms with Crippen molar-refractivity contribution in [2.45, 2.75) is 13.8 Å². The standard InChI is InChI=1S/C21H19BrN2O5/c1-11-5-12(2)7-14(6-11)24-20(26)15(19(25)23-21(24)27)8-13-9-17(28-3)18(29-4)10-16(13)22/h5-10H,1-4H3,(H,23,25,27)/b15-8-. The lowest BCUT2D eigenvalue weighted by molar-refractivity contribution is -0.122. The molecule has 0 atom stereocenters. The number of amides is 4. The van der Waals surface area contributed by atoms with E-state index in [-0.39, 0.29) is 5.57 Å². The Morgan fingerprint density at radius 3 is 2.10 bits per heavy atom. The number of nitrogens with one attached hydrogen (secondary N) is 1. The quantitative estimate of drug-likeness (QED) is 0.556. The van der Waals surface area contributed by atoms with Gasteiger partial charge in [0.1, 0.15) is 5.57 Å². The highest BCUT2D eigenvalue weighted by atomic mass is 79.9. The van der Waals surface area contributed by atoms with Crippen LogP contribution in [0.1, 0.15) is 16.7 Å². The van der Waals surface area contributed by atoms with E-state index >= 15 is 0 Å². The predicted octanol–water partition coefficient (Wildman–Crippen LogP) is 3.75. The molecule has 1 heterocycles. The number of aryl methyl sites for hydroxylation is 2. The molecule has 4 amide bonds. The maximum Gasteiger partial charge on any atom is 0.335 e. The number of hydrogen-bond donors (Lipinski definition) is 1. The van der Waals surface area contributed by atoms with Crippen molar-refractivity contribution in [2.24, 2.45) is 0 Å². The topological polar surface area (TPSA) is 84.9 Å². The molecule has 1 aliphatic rings. The minimum absolute atomic E-state index is 0.170. The summed E-state index contributed by atoms with van der Waals surface area (Å²) in [5.41, 5.74) is 2.54. The van der Waals surface area contributed by atoms with Gasteiger partial charge in [0.2, 0.25) is 0 Å². The van der Waals surface area contributed by atoms with E-state index in [1.54, 1.807) is 24.3 Å². The van der Waals surface area contributed by atoms with Crippen LogP contribution in [0.3, 0.4) is 0 Å². The number of urea groups is 1. The van der Waals surface area contributed by atoms with Gasteiger partial charge in [-0.2, -0.15) is 0 Å². The Balaban J connectivity index is 2.08. The van der Waals surface area contributed by atoms with Gasteiger partial charge in [-0.05, 0) is 60.9 Å². The smallest absolute Gasteiger partial charge is 0.335 e. The van der Waals surface area contributed by atoms with Crippen molar-refractivity contribution in [1.82, 2.24) is 5.32 Å². The van der Waals surface area contributed by atoms with E-state index in [1.165, 1.54) is 20.3 Å². The molecule has 0 spiro atoms. The van der Waals surface area contributed by atoms with Gasteiger partial charge in [-0.25, -0.2) is 9.69 Å². The Labute approximate surface area is 176 Å². The summed E-state index contributed by atoms with van der Waals surface area (Å²) >= 11 is 3.41. The fraction of sp³-hybridized carbons (Fsp3) is 0.190. The van der Waals surface area contributed by atoms with Crippen molar-refractivity contribution in [3.8, 4) is 11.5 Å². The number of benzene rings is 2. The molecule has 0 aromatic heterocycles. The Hall–Kier alpha value is -3.13. The molecular weight excluding hydrogens is 440 g/mol. The predicted molar refractivity (Wildman–Crippen MR) is 112 cm³/mol. The average Bonchev–Trinajstić information content (AvgIpc) is 2.64. The molecule has 2 aromatic carbocycles. The van der Waals surface area contributed by atoms with Gasteiger partial charge in [0.25, 0.3) is 11.8 Å². The SMILES string of the molecule is COc1cc(Br)c(/C=C2/C(=O)NC(=O)N(c3cc(C)cc(C)c3)C2=O)cc1OC. The zero-order chi connectivity index (χ0) is 21.3. The summed E-state index contributed by atoms with van der Waals surface area (Å²) in [5.74, 6) is -0.533. The molecular formula is C21H19BrN2O5. The van der Waals surface area contributed by atoms with Crippen molar-refractivity contribution in [3.05, 3.63) is 57.1 Å². The number of rotatable bonds is 4. The molecule has 3 rings (SSSR count). The second-order valence-corrected chi connectivity index (χ2v) is 7.39. The third-order valence-electron chi connectivity index (χ3n) is 4.37. The van der Waals surface area contributed by atoms with Gasteiger partial charge in [0, 0.05) is 4.47 Å². The molecule has 1 fully saturated rings. The molecule has 1 saturated heterocycles. The highest BCUT2D eigenvalue weighted by Crippen LogP contribution is 2.35. The summed E-state index contributed by atoms with van der Waals surface area (Å²) in [5, 5.41) is 2.23. The third-order valence-corrected chi connectivity index (χ3v) is 5.06. The van der Waals surface area contributed by atoms with Gasteiger partial charge in [0.05, 0.1) is 19.9 Å². The number of carbonyl (C=O) groups excluding carboxylic acids is 3. The number of halogens is 1. The van der Waals surface area contributed by atoms with Crippen molar-refractivity contribution in [2.75, 3.05) is 19.1 Å². The van der Waals surface area contributed by atoms with Crippen LogP contribution in [0.2, 0.25) is 0 Å². The Bertz CT molecular complexity index is 1040. The molecule has 2 aromatic rings. The molecule has 1 N–H and O–H groups in total. The van der Waals surface area contributed by atoms with Crippen molar-refractivity contribution in [1.29, 1.82) is 0 Å². The molecule has 0 unspecified atom stereocenters. The minimum atomic E-state index is -0.784. The largest absolute Gasteiger partial charge is 0.493 e. The van der Waals surface area contributed by atoms with Gasteiger partial charge < -0.3 is 9.47 Å². The number of barbiturate groups is 1. The second kappa shape index (κ2) is 8.08. The molecule has 0 saturated carbocycles. The molecule has 8 heteroatoms. The third kappa shape index (κ3) is 4.02. The summed E-state index contributed by atoms with van der Waals surface area (Å²) in [7, 11) is 3.00. The first-order chi connectivity index (χ1) is 13.7. The van der Waals surface area contributed by atoms with Crippen LogP contribution < -0.4 is 19.7 Å². The van der Waals surface area contributed by atoms with Crippen molar-refractivity contribution >= 4 is 45.5 Å². The summed E-state index contributed by atoms with van der Waals surface area (Å²) in [4.78, 5) is 38.8. The van der Waals surface area contributed by atoms with Crippen LogP contribution in [0.25, 0.3) is 6.08 Å². The number of nitrogens with zero attached hydrogens (tertiary/aromatic N) is 1. The van der Waals surface area contributed by atoms with Gasteiger partial charge in [0.15, 0.2) is 11.5 Å². The van der Waals surface area contributed by atoms with Gasteiger partial charge in [-0.1, -0.05) is 22.0 Å². The number of anilines is 1. The molecule has 0 aliphatic carbocycles. The fourth-order valence-electron chi connectivity index (χ4n) is 3.11. The van der Waals surface area contributed by atoms with Crippen LogP contribution >= 0.6 is 15.9 Å². The average molecular weight is 459 g/mol. The number of hydrogen-bond acceptors (Lipinski definition) is 5.